The molecular formula is C23H28N4O2S. The van der Waals surface area contributed by atoms with Gasteiger partial charge in [-0.15, -0.1) is 10.2 Å². The number of allylic oxidation sites excluding steroid dienone is 1. The number of aryl methyl sites for hydroxylation is 1. The summed E-state index contributed by atoms with van der Waals surface area (Å²) in [6, 6.07) is 7.25. The summed E-state index contributed by atoms with van der Waals surface area (Å²) in [5.74, 6) is -0.0210. The lowest BCUT2D eigenvalue weighted by Crippen LogP contribution is -2.50. The highest BCUT2D eigenvalue weighted by Gasteiger charge is 2.32. The predicted molar refractivity (Wildman–Crippen MR) is 119 cm³/mol. The number of nitrogens with one attached hydrogen (secondary N) is 1. The minimum absolute atomic E-state index is 0.0843. The number of rotatable bonds is 5. The molecule has 4 rings (SSSR count). The van der Waals surface area contributed by atoms with E-state index in [0.29, 0.717) is 19.4 Å². The first-order chi connectivity index (χ1) is 14.6. The smallest absolute Gasteiger partial charge is 0.247 e. The van der Waals surface area contributed by atoms with Gasteiger partial charge >= 0.3 is 0 Å². The summed E-state index contributed by atoms with van der Waals surface area (Å²) in [7, 11) is 0. The van der Waals surface area contributed by atoms with Crippen LogP contribution < -0.4 is 5.32 Å². The molecule has 1 aromatic heterocycles. The molecule has 6 nitrogen and oxygen atoms in total. The quantitative estimate of drug-likeness (QED) is 0.705. The van der Waals surface area contributed by atoms with E-state index in [1.807, 2.05) is 31.2 Å². The van der Waals surface area contributed by atoms with Crippen molar-refractivity contribution in [2.45, 2.75) is 64.3 Å². The molecule has 30 heavy (non-hydrogen) atoms. The molecular weight excluding hydrogens is 396 g/mol. The number of likely N-dealkylation sites (tertiary alicyclic amines) is 1. The van der Waals surface area contributed by atoms with Crippen molar-refractivity contribution < 1.29 is 9.59 Å². The Kier molecular flexibility index (Phi) is 6.57. The first kappa shape index (κ1) is 20.7. The van der Waals surface area contributed by atoms with Gasteiger partial charge in [-0.25, -0.2) is 0 Å². The van der Waals surface area contributed by atoms with Crippen LogP contribution in [-0.2, 0) is 9.59 Å². The fourth-order valence-electron chi connectivity index (χ4n) is 4.23. The number of nitrogens with zero attached hydrogens (tertiary/aromatic N) is 3. The van der Waals surface area contributed by atoms with E-state index in [1.54, 1.807) is 4.90 Å². The van der Waals surface area contributed by atoms with Crippen LogP contribution in [0.5, 0.6) is 0 Å². The molecule has 1 aliphatic heterocycles. The first-order valence-corrected chi connectivity index (χ1v) is 11.6. The molecule has 0 saturated carbocycles. The highest BCUT2D eigenvalue weighted by Crippen LogP contribution is 2.27. The first-order valence-electron chi connectivity index (χ1n) is 10.8. The van der Waals surface area contributed by atoms with E-state index in [0.717, 1.165) is 53.4 Å². The Bertz CT molecular complexity index is 952. The number of hydrogen-bond acceptors (Lipinski definition) is 5. The van der Waals surface area contributed by atoms with E-state index in [1.165, 1.54) is 23.3 Å². The molecule has 2 aromatic rings. The summed E-state index contributed by atoms with van der Waals surface area (Å²) in [5.41, 5.74) is 2.88. The molecule has 0 bridgehead atoms. The largest absolute Gasteiger partial charge is 0.330 e. The van der Waals surface area contributed by atoms with E-state index >= 15 is 0 Å². The van der Waals surface area contributed by atoms with Crippen molar-refractivity contribution in [1.29, 1.82) is 0 Å². The molecule has 1 aliphatic carbocycles. The van der Waals surface area contributed by atoms with Crippen LogP contribution in [0.3, 0.4) is 0 Å². The highest BCUT2D eigenvalue weighted by molar-refractivity contribution is 7.14. The summed E-state index contributed by atoms with van der Waals surface area (Å²) >= 11 is 1.52. The maximum Gasteiger partial charge on any atom is 0.247 e. The van der Waals surface area contributed by atoms with Gasteiger partial charge in [0.1, 0.15) is 16.1 Å². The third-order valence-corrected chi connectivity index (χ3v) is 6.68. The fraction of sp³-hybridized carbons (Fsp3) is 0.478. The second kappa shape index (κ2) is 9.51. The van der Waals surface area contributed by atoms with Gasteiger partial charge in [0.15, 0.2) is 0 Å². The minimum Gasteiger partial charge on any atom is -0.330 e. The lowest BCUT2D eigenvalue weighted by atomic mass is 9.95. The van der Waals surface area contributed by atoms with Gasteiger partial charge in [0.25, 0.3) is 0 Å². The van der Waals surface area contributed by atoms with Gasteiger partial charge < -0.3 is 10.2 Å². The summed E-state index contributed by atoms with van der Waals surface area (Å²) < 4.78 is 0. The second-order valence-corrected chi connectivity index (χ2v) is 9.26. The van der Waals surface area contributed by atoms with Gasteiger partial charge in [0.05, 0.1) is 0 Å². The van der Waals surface area contributed by atoms with Crippen LogP contribution in [0.15, 0.2) is 35.9 Å². The molecule has 1 fully saturated rings. The second-order valence-electron chi connectivity index (χ2n) is 8.08. The fourth-order valence-corrected chi connectivity index (χ4v) is 4.92. The van der Waals surface area contributed by atoms with Gasteiger partial charge in [-0.05, 0) is 64.0 Å². The number of amides is 2. The number of anilines is 1. The Morgan fingerprint density at radius 2 is 2.10 bits per heavy atom. The van der Waals surface area contributed by atoms with Crippen LogP contribution in [-0.4, -0.2) is 39.5 Å². The molecule has 1 aromatic carbocycles. The zero-order valence-corrected chi connectivity index (χ0v) is 18.2. The minimum atomic E-state index is -0.400. The third-order valence-electron chi connectivity index (χ3n) is 5.79. The molecule has 2 aliphatic rings. The molecule has 1 unspecified atom stereocenters. The van der Waals surface area contributed by atoms with Gasteiger partial charge in [-0.2, -0.15) is 0 Å². The molecule has 1 atom stereocenters. The van der Waals surface area contributed by atoms with Crippen molar-refractivity contribution in [3.8, 4) is 10.6 Å². The third kappa shape index (κ3) is 4.95. The summed E-state index contributed by atoms with van der Waals surface area (Å²) in [6.07, 6.45) is 9.75. The average molecular weight is 425 g/mol. The van der Waals surface area contributed by atoms with Gasteiger partial charge in [0, 0.05) is 24.2 Å². The normalized spacial score (nSPS) is 19.3. The number of piperidine rings is 1. The van der Waals surface area contributed by atoms with E-state index in [9.17, 15) is 9.59 Å². The van der Waals surface area contributed by atoms with Gasteiger partial charge in [0.2, 0.25) is 11.8 Å². The Hall–Kier alpha value is -2.54. The number of carbonyl (C=O) groups excluding carboxylic acids is 2. The van der Waals surface area contributed by atoms with Crippen molar-refractivity contribution in [2.24, 2.45) is 0 Å². The van der Waals surface area contributed by atoms with Crippen LogP contribution in [0.4, 0.5) is 5.69 Å². The molecule has 158 valence electrons. The van der Waals surface area contributed by atoms with E-state index in [-0.39, 0.29) is 11.8 Å². The lowest BCUT2D eigenvalue weighted by molar-refractivity contribution is -0.139. The molecule has 0 spiro atoms. The summed E-state index contributed by atoms with van der Waals surface area (Å²) in [5, 5.41) is 13.0. The molecule has 1 N–H and O–H groups in total. The SMILES string of the molecule is Cc1nnc(-c2cccc(NC(=O)C3CCCCN3C(=O)CC3=CCCCC3)c2)s1. The van der Waals surface area contributed by atoms with Crippen LogP contribution in [0.25, 0.3) is 10.6 Å². The maximum absolute atomic E-state index is 13.1. The molecule has 2 heterocycles. The van der Waals surface area contributed by atoms with Crippen molar-refractivity contribution in [3.05, 3.63) is 40.9 Å². The van der Waals surface area contributed by atoms with Crippen LogP contribution in [0.1, 0.15) is 56.4 Å². The molecule has 7 heteroatoms. The Labute approximate surface area is 181 Å². The Morgan fingerprint density at radius 1 is 1.20 bits per heavy atom. The summed E-state index contributed by atoms with van der Waals surface area (Å²) in [6.45, 7) is 2.58. The number of benzene rings is 1. The van der Waals surface area contributed by atoms with Crippen molar-refractivity contribution >= 4 is 28.8 Å². The Balaban J connectivity index is 1.44. The van der Waals surface area contributed by atoms with Crippen LogP contribution in [0.2, 0.25) is 0 Å². The van der Waals surface area contributed by atoms with Crippen molar-refractivity contribution in [1.82, 2.24) is 15.1 Å². The summed E-state index contributed by atoms with van der Waals surface area (Å²) in [4.78, 5) is 27.8. The monoisotopic (exact) mass is 424 g/mol. The standard InChI is InChI=1S/C23H28N4O2S/c1-16-25-26-23(30-16)18-10-7-11-19(15-18)24-22(29)20-12-5-6-13-27(20)21(28)14-17-8-3-2-4-9-17/h7-8,10-11,15,20H,2-6,9,12-14H2,1H3,(H,24,29). The number of aromatic nitrogens is 2. The molecule has 0 radical (unpaired) electrons. The average Bonchev–Trinajstić information content (AvgIpc) is 3.21. The zero-order chi connectivity index (χ0) is 20.9. The molecule has 2 amide bonds. The zero-order valence-electron chi connectivity index (χ0n) is 17.4. The number of hydrogen-bond donors (Lipinski definition) is 1. The van der Waals surface area contributed by atoms with E-state index < -0.39 is 6.04 Å². The maximum atomic E-state index is 13.1. The van der Waals surface area contributed by atoms with E-state index in [2.05, 4.69) is 21.6 Å². The lowest BCUT2D eigenvalue weighted by Gasteiger charge is -2.35. The number of carbonyl (C=O) groups is 2. The Morgan fingerprint density at radius 3 is 2.87 bits per heavy atom. The van der Waals surface area contributed by atoms with Crippen molar-refractivity contribution in [3.63, 3.8) is 0 Å². The van der Waals surface area contributed by atoms with Crippen LogP contribution >= 0.6 is 11.3 Å². The molecule has 1 saturated heterocycles. The highest BCUT2D eigenvalue weighted by atomic mass is 32.1. The predicted octanol–water partition coefficient (Wildman–Crippen LogP) is 4.72. The van der Waals surface area contributed by atoms with Gasteiger partial charge in [-0.1, -0.05) is 35.1 Å². The van der Waals surface area contributed by atoms with Gasteiger partial charge in [-0.3, -0.25) is 9.59 Å². The van der Waals surface area contributed by atoms with Crippen LogP contribution in [0, 0.1) is 6.92 Å². The topological polar surface area (TPSA) is 75.2 Å². The van der Waals surface area contributed by atoms with Crippen molar-refractivity contribution in [2.75, 3.05) is 11.9 Å². The van der Waals surface area contributed by atoms with E-state index in [4.69, 9.17) is 0 Å².